The number of furan rings is 1. The maximum atomic E-state index is 5.66. The highest BCUT2D eigenvalue weighted by Crippen LogP contribution is 2.12. The number of rotatable bonds is 7. The first-order chi connectivity index (χ1) is 8.84. The van der Waals surface area contributed by atoms with E-state index in [0.717, 1.165) is 37.6 Å². The summed E-state index contributed by atoms with van der Waals surface area (Å²) in [6.07, 6.45) is 2.67. The van der Waals surface area contributed by atoms with Crippen LogP contribution in [-0.4, -0.2) is 13.2 Å². The Balaban J connectivity index is 1.56. The van der Waals surface area contributed by atoms with E-state index in [2.05, 4.69) is 24.4 Å². The number of hydrogen-bond acceptors (Lipinski definition) is 3. The van der Waals surface area contributed by atoms with Gasteiger partial charge >= 0.3 is 0 Å². The molecule has 18 heavy (non-hydrogen) atoms. The van der Waals surface area contributed by atoms with E-state index in [1.54, 1.807) is 6.26 Å². The van der Waals surface area contributed by atoms with Crippen LogP contribution >= 0.6 is 0 Å². The van der Waals surface area contributed by atoms with E-state index in [1.807, 2.05) is 24.3 Å². The lowest BCUT2D eigenvalue weighted by atomic mass is 10.2. The van der Waals surface area contributed by atoms with E-state index in [9.17, 15) is 0 Å². The minimum atomic E-state index is 0.731. The van der Waals surface area contributed by atoms with Crippen LogP contribution in [0.2, 0.25) is 0 Å². The van der Waals surface area contributed by atoms with Gasteiger partial charge in [-0.05, 0) is 49.7 Å². The van der Waals surface area contributed by atoms with Crippen LogP contribution in [0.15, 0.2) is 47.1 Å². The standard InChI is InChI=1S/C15H19NO2/c1-13-5-2-6-14(11-13)17-10-4-8-16-12-15-7-3-9-18-15/h2-3,5-7,9,11,16H,4,8,10,12H2,1H3. The van der Waals surface area contributed by atoms with Crippen LogP contribution in [0.3, 0.4) is 0 Å². The van der Waals surface area contributed by atoms with Crippen molar-refractivity contribution in [3.8, 4) is 5.75 Å². The molecule has 96 valence electrons. The van der Waals surface area contributed by atoms with Gasteiger partial charge in [0, 0.05) is 0 Å². The Bertz CT molecular complexity index is 451. The zero-order valence-electron chi connectivity index (χ0n) is 10.7. The van der Waals surface area contributed by atoms with Gasteiger partial charge in [0.15, 0.2) is 0 Å². The fourth-order valence-corrected chi connectivity index (χ4v) is 1.72. The molecule has 0 aliphatic heterocycles. The molecule has 0 unspecified atom stereocenters. The van der Waals surface area contributed by atoms with Crippen LogP contribution in [0.1, 0.15) is 17.7 Å². The van der Waals surface area contributed by atoms with Crippen molar-refractivity contribution in [3.63, 3.8) is 0 Å². The number of nitrogens with one attached hydrogen (secondary N) is 1. The molecule has 0 aliphatic rings. The second-order valence-electron chi connectivity index (χ2n) is 4.27. The Hall–Kier alpha value is -1.74. The molecule has 3 heteroatoms. The molecule has 0 aliphatic carbocycles. The first kappa shape index (κ1) is 12.7. The number of benzene rings is 1. The van der Waals surface area contributed by atoms with Gasteiger partial charge in [-0.2, -0.15) is 0 Å². The molecule has 0 bridgehead atoms. The third-order valence-electron chi connectivity index (χ3n) is 2.64. The zero-order chi connectivity index (χ0) is 12.6. The van der Waals surface area contributed by atoms with E-state index >= 15 is 0 Å². The quantitative estimate of drug-likeness (QED) is 0.761. The Labute approximate surface area is 108 Å². The van der Waals surface area contributed by atoms with Gasteiger partial charge in [0.05, 0.1) is 19.4 Å². The SMILES string of the molecule is Cc1cccc(OCCCNCc2ccco2)c1. The highest BCUT2D eigenvalue weighted by molar-refractivity contribution is 5.27. The molecule has 1 aromatic heterocycles. The van der Waals surface area contributed by atoms with Crippen LogP contribution in [-0.2, 0) is 6.54 Å². The third kappa shape index (κ3) is 4.26. The summed E-state index contributed by atoms with van der Waals surface area (Å²) >= 11 is 0. The smallest absolute Gasteiger partial charge is 0.119 e. The summed E-state index contributed by atoms with van der Waals surface area (Å²) in [6.45, 7) is 4.50. The summed E-state index contributed by atoms with van der Waals surface area (Å²) in [5.74, 6) is 1.91. The Morgan fingerprint density at radius 3 is 2.94 bits per heavy atom. The third-order valence-corrected chi connectivity index (χ3v) is 2.64. The molecule has 3 nitrogen and oxygen atoms in total. The van der Waals surface area contributed by atoms with E-state index in [4.69, 9.17) is 9.15 Å². The molecule has 0 spiro atoms. The molecule has 1 N–H and O–H groups in total. The van der Waals surface area contributed by atoms with E-state index < -0.39 is 0 Å². The predicted molar refractivity (Wildman–Crippen MR) is 71.7 cm³/mol. The summed E-state index contributed by atoms with van der Waals surface area (Å²) in [5, 5.41) is 3.31. The van der Waals surface area contributed by atoms with Crippen molar-refractivity contribution in [2.45, 2.75) is 19.9 Å². The first-order valence-corrected chi connectivity index (χ1v) is 6.27. The van der Waals surface area contributed by atoms with Gasteiger partial charge in [-0.3, -0.25) is 0 Å². The van der Waals surface area contributed by atoms with Crippen molar-refractivity contribution in [1.29, 1.82) is 0 Å². The number of ether oxygens (including phenoxy) is 1. The predicted octanol–water partition coefficient (Wildman–Crippen LogP) is 3.15. The van der Waals surface area contributed by atoms with Gasteiger partial charge in [0.25, 0.3) is 0 Å². The average molecular weight is 245 g/mol. The van der Waals surface area contributed by atoms with E-state index in [1.165, 1.54) is 5.56 Å². The minimum Gasteiger partial charge on any atom is -0.494 e. The monoisotopic (exact) mass is 245 g/mol. The van der Waals surface area contributed by atoms with Crippen LogP contribution < -0.4 is 10.1 Å². The van der Waals surface area contributed by atoms with Crippen molar-refractivity contribution in [3.05, 3.63) is 54.0 Å². The average Bonchev–Trinajstić information content (AvgIpc) is 2.87. The highest BCUT2D eigenvalue weighted by atomic mass is 16.5. The fourth-order valence-electron chi connectivity index (χ4n) is 1.72. The normalized spacial score (nSPS) is 10.5. The molecule has 1 heterocycles. The van der Waals surface area contributed by atoms with E-state index in [-0.39, 0.29) is 0 Å². The summed E-state index contributed by atoms with van der Waals surface area (Å²) in [6, 6.07) is 12.0. The van der Waals surface area contributed by atoms with Gasteiger partial charge in [0.1, 0.15) is 11.5 Å². The van der Waals surface area contributed by atoms with E-state index in [0.29, 0.717) is 0 Å². The van der Waals surface area contributed by atoms with Gasteiger partial charge in [-0.25, -0.2) is 0 Å². The summed E-state index contributed by atoms with van der Waals surface area (Å²) in [5.41, 5.74) is 1.23. The Morgan fingerprint density at radius 1 is 1.22 bits per heavy atom. The van der Waals surface area contributed by atoms with Crippen LogP contribution in [0.4, 0.5) is 0 Å². The van der Waals surface area contributed by atoms with Crippen LogP contribution in [0.5, 0.6) is 5.75 Å². The lowest BCUT2D eigenvalue weighted by Gasteiger charge is -2.07. The van der Waals surface area contributed by atoms with Gasteiger partial charge in [0.2, 0.25) is 0 Å². The Kier molecular flexibility index (Phi) is 4.85. The van der Waals surface area contributed by atoms with Crippen LogP contribution in [0, 0.1) is 6.92 Å². The summed E-state index contributed by atoms with van der Waals surface area (Å²) in [4.78, 5) is 0. The molecular weight excluding hydrogens is 226 g/mol. The molecule has 0 saturated carbocycles. The second kappa shape index (κ2) is 6.87. The molecule has 0 atom stereocenters. The summed E-state index contributed by atoms with van der Waals surface area (Å²) in [7, 11) is 0. The van der Waals surface area contributed by atoms with Crippen molar-refractivity contribution in [2.75, 3.05) is 13.2 Å². The molecule has 0 radical (unpaired) electrons. The topological polar surface area (TPSA) is 34.4 Å². The summed E-state index contributed by atoms with van der Waals surface area (Å²) < 4.78 is 10.9. The first-order valence-electron chi connectivity index (χ1n) is 6.27. The molecule has 0 saturated heterocycles. The highest BCUT2D eigenvalue weighted by Gasteiger charge is 1.96. The molecule has 0 fully saturated rings. The van der Waals surface area contributed by atoms with Crippen molar-refractivity contribution in [2.24, 2.45) is 0 Å². The molecule has 1 aromatic carbocycles. The van der Waals surface area contributed by atoms with Crippen molar-refractivity contribution in [1.82, 2.24) is 5.32 Å². The second-order valence-corrected chi connectivity index (χ2v) is 4.27. The molecule has 2 aromatic rings. The van der Waals surface area contributed by atoms with Gasteiger partial charge in [-0.1, -0.05) is 12.1 Å². The fraction of sp³-hybridized carbons (Fsp3) is 0.333. The lowest BCUT2D eigenvalue weighted by molar-refractivity contribution is 0.307. The molecule has 2 rings (SSSR count). The maximum Gasteiger partial charge on any atom is 0.119 e. The largest absolute Gasteiger partial charge is 0.494 e. The van der Waals surface area contributed by atoms with Gasteiger partial charge in [-0.15, -0.1) is 0 Å². The Morgan fingerprint density at radius 2 is 2.17 bits per heavy atom. The maximum absolute atomic E-state index is 5.66. The molecule has 0 amide bonds. The minimum absolute atomic E-state index is 0.731. The number of aryl methyl sites for hydroxylation is 1. The zero-order valence-corrected chi connectivity index (χ0v) is 10.7. The van der Waals surface area contributed by atoms with Crippen LogP contribution in [0.25, 0.3) is 0 Å². The van der Waals surface area contributed by atoms with Crippen molar-refractivity contribution >= 4 is 0 Å². The lowest BCUT2D eigenvalue weighted by Crippen LogP contribution is -2.16. The number of hydrogen-bond donors (Lipinski definition) is 1. The van der Waals surface area contributed by atoms with Crippen molar-refractivity contribution < 1.29 is 9.15 Å². The molecular formula is C15H19NO2. The van der Waals surface area contributed by atoms with Gasteiger partial charge < -0.3 is 14.5 Å².